The Morgan fingerprint density at radius 3 is 2.72 bits per heavy atom. The SMILES string of the molecule is O=C(c1cc([C@H]2CCCN(Cc3ccccc3)C2)no1)N1CCCC1. The average Bonchev–Trinajstić information content (AvgIpc) is 3.34. The maximum Gasteiger partial charge on any atom is 0.292 e. The van der Waals surface area contributed by atoms with E-state index in [0.717, 1.165) is 64.1 Å². The minimum Gasteiger partial charge on any atom is -0.351 e. The minimum absolute atomic E-state index is 0.00630. The van der Waals surface area contributed by atoms with Crippen LogP contribution in [-0.2, 0) is 6.54 Å². The molecule has 2 aliphatic rings. The van der Waals surface area contributed by atoms with Crippen LogP contribution in [0.15, 0.2) is 40.9 Å². The van der Waals surface area contributed by atoms with Crippen LogP contribution in [0.4, 0.5) is 0 Å². The third-order valence-electron chi connectivity index (χ3n) is 5.31. The number of carbonyl (C=O) groups is 1. The van der Waals surface area contributed by atoms with E-state index in [4.69, 9.17) is 4.52 Å². The molecule has 1 amide bonds. The summed E-state index contributed by atoms with van der Waals surface area (Å²) in [5.74, 6) is 0.742. The zero-order chi connectivity index (χ0) is 17.1. The number of rotatable bonds is 4. The van der Waals surface area contributed by atoms with Crippen molar-refractivity contribution in [3.05, 3.63) is 53.4 Å². The van der Waals surface area contributed by atoms with E-state index in [1.54, 1.807) is 0 Å². The lowest BCUT2D eigenvalue weighted by Crippen LogP contribution is -2.34. The number of hydrogen-bond donors (Lipinski definition) is 0. The number of hydrogen-bond acceptors (Lipinski definition) is 4. The fraction of sp³-hybridized carbons (Fsp3) is 0.500. The molecule has 0 N–H and O–H groups in total. The molecule has 3 heterocycles. The van der Waals surface area contributed by atoms with Crippen molar-refractivity contribution < 1.29 is 9.32 Å². The summed E-state index contributed by atoms with van der Waals surface area (Å²) in [6, 6.07) is 12.4. The molecule has 0 saturated carbocycles. The lowest BCUT2D eigenvalue weighted by atomic mass is 9.94. The molecule has 2 aliphatic heterocycles. The first-order valence-corrected chi connectivity index (χ1v) is 9.32. The van der Waals surface area contributed by atoms with Gasteiger partial charge in [-0.15, -0.1) is 0 Å². The second kappa shape index (κ2) is 7.40. The van der Waals surface area contributed by atoms with Crippen molar-refractivity contribution in [1.29, 1.82) is 0 Å². The van der Waals surface area contributed by atoms with E-state index in [-0.39, 0.29) is 5.91 Å². The molecule has 1 aromatic heterocycles. The molecule has 2 aromatic rings. The van der Waals surface area contributed by atoms with E-state index in [2.05, 4.69) is 40.4 Å². The van der Waals surface area contributed by atoms with Crippen LogP contribution in [0.5, 0.6) is 0 Å². The monoisotopic (exact) mass is 339 g/mol. The molecule has 132 valence electrons. The fourth-order valence-corrected chi connectivity index (χ4v) is 3.94. The average molecular weight is 339 g/mol. The maximum atomic E-state index is 12.4. The Morgan fingerprint density at radius 2 is 1.92 bits per heavy atom. The maximum absolute atomic E-state index is 12.4. The zero-order valence-electron chi connectivity index (χ0n) is 14.6. The molecule has 0 spiro atoms. The molecule has 1 aromatic carbocycles. The Labute approximate surface area is 148 Å². The predicted molar refractivity (Wildman–Crippen MR) is 95.3 cm³/mol. The van der Waals surface area contributed by atoms with E-state index >= 15 is 0 Å². The van der Waals surface area contributed by atoms with E-state index in [1.807, 2.05) is 11.0 Å². The molecule has 0 radical (unpaired) electrons. The summed E-state index contributed by atoms with van der Waals surface area (Å²) in [5.41, 5.74) is 2.27. The van der Waals surface area contributed by atoms with Gasteiger partial charge in [0.15, 0.2) is 0 Å². The molecule has 25 heavy (non-hydrogen) atoms. The van der Waals surface area contributed by atoms with Crippen LogP contribution in [0.2, 0.25) is 0 Å². The fourth-order valence-electron chi connectivity index (χ4n) is 3.94. The highest BCUT2D eigenvalue weighted by Crippen LogP contribution is 2.28. The topological polar surface area (TPSA) is 49.6 Å². The van der Waals surface area contributed by atoms with E-state index in [9.17, 15) is 4.79 Å². The minimum atomic E-state index is -0.00630. The Morgan fingerprint density at radius 1 is 1.12 bits per heavy atom. The summed E-state index contributed by atoms with van der Waals surface area (Å²) in [5, 5.41) is 4.22. The standard InChI is InChI=1S/C20H25N3O2/c24-20(23-11-4-5-12-23)19-13-18(21-25-19)17-9-6-10-22(15-17)14-16-7-2-1-3-8-16/h1-3,7-8,13,17H,4-6,9-12,14-15H2/t17-/m0/s1. The normalized spacial score (nSPS) is 21.6. The largest absolute Gasteiger partial charge is 0.351 e. The summed E-state index contributed by atoms with van der Waals surface area (Å²) in [6.45, 7) is 4.72. The van der Waals surface area contributed by atoms with Crippen molar-refractivity contribution in [2.45, 2.75) is 38.1 Å². The molecule has 2 saturated heterocycles. The smallest absolute Gasteiger partial charge is 0.292 e. The number of benzene rings is 1. The van der Waals surface area contributed by atoms with Gasteiger partial charge >= 0.3 is 0 Å². The first-order chi connectivity index (χ1) is 12.3. The molecule has 0 aliphatic carbocycles. The van der Waals surface area contributed by atoms with Crippen LogP contribution in [0, 0.1) is 0 Å². The number of piperidine rings is 1. The van der Waals surface area contributed by atoms with E-state index in [0.29, 0.717) is 11.7 Å². The van der Waals surface area contributed by atoms with E-state index < -0.39 is 0 Å². The van der Waals surface area contributed by atoms with Gasteiger partial charge in [0, 0.05) is 38.2 Å². The summed E-state index contributed by atoms with van der Waals surface area (Å²) in [4.78, 5) is 16.8. The van der Waals surface area contributed by atoms with Crippen LogP contribution in [0.3, 0.4) is 0 Å². The van der Waals surface area contributed by atoms with E-state index in [1.165, 1.54) is 5.56 Å². The second-order valence-electron chi connectivity index (χ2n) is 7.18. The highest BCUT2D eigenvalue weighted by atomic mass is 16.5. The third-order valence-corrected chi connectivity index (χ3v) is 5.31. The number of likely N-dealkylation sites (tertiary alicyclic amines) is 2. The summed E-state index contributed by atoms with van der Waals surface area (Å²) >= 11 is 0. The highest BCUT2D eigenvalue weighted by molar-refractivity contribution is 5.91. The summed E-state index contributed by atoms with van der Waals surface area (Å²) < 4.78 is 5.39. The Bertz CT molecular complexity index is 707. The highest BCUT2D eigenvalue weighted by Gasteiger charge is 2.27. The van der Waals surface area contributed by atoms with Gasteiger partial charge in [-0.1, -0.05) is 35.5 Å². The number of carbonyl (C=O) groups excluding carboxylic acids is 1. The first-order valence-electron chi connectivity index (χ1n) is 9.32. The van der Waals surface area contributed by atoms with Crippen LogP contribution >= 0.6 is 0 Å². The molecular weight excluding hydrogens is 314 g/mol. The van der Waals surface area contributed by atoms with Gasteiger partial charge in [0.05, 0.1) is 5.69 Å². The van der Waals surface area contributed by atoms with Crippen molar-refractivity contribution in [2.75, 3.05) is 26.2 Å². The lowest BCUT2D eigenvalue weighted by molar-refractivity contribution is 0.0751. The van der Waals surface area contributed by atoms with Gasteiger partial charge in [0.2, 0.25) is 5.76 Å². The molecule has 5 nitrogen and oxygen atoms in total. The molecule has 2 fully saturated rings. The molecule has 4 rings (SSSR count). The van der Waals surface area contributed by atoms with Crippen molar-refractivity contribution in [3.63, 3.8) is 0 Å². The van der Waals surface area contributed by atoms with Gasteiger partial charge in [0.1, 0.15) is 0 Å². The van der Waals surface area contributed by atoms with Gasteiger partial charge < -0.3 is 9.42 Å². The zero-order valence-corrected chi connectivity index (χ0v) is 14.6. The van der Waals surface area contributed by atoms with Crippen molar-refractivity contribution >= 4 is 5.91 Å². The Hall–Kier alpha value is -2.14. The summed E-state index contributed by atoms with van der Waals surface area (Å²) in [7, 11) is 0. The Kier molecular flexibility index (Phi) is 4.83. The number of aromatic nitrogens is 1. The molecule has 1 atom stereocenters. The second-order valence-corrected chi connectivity index (χ2v) is 7.18. The first kappa shape index (κ1) is 16.3. The lowest BCUT2D eigenvalue weighted by Gasteiger charge is -2.31. The number of amides is 1. The van der Waals surface area contributed by atoms with Crippen LogP contribution in [-0.4, -0.2) is 47.0 Å². The molecule has 0 bridgehead atoms. The Balaban J connectivity index is 1.40. The quantitative estimate of drug-likeness (QED) is 0.858. The van der Waals surface area contributed by atoms with Crippen LogP contribution in [0.1, 0.15) is 53.4 Å². The van der Waals surface area contributed by atoms with Crippen LogP contribution in [0.25, 0.3) is 0 Å². The van der Waals surface area contributed by atoms with Crippen molar-refractivity contribution in [2.24, 2.45) is 0 Å². The third kappa shape index (κ3) is 3.76. The van der Waals surface area contributed by atoms with Crippen molar-refractivity contribution in [1.82, 2.24) is 15.0 Å². The molecule has 0 unspecified atom stereocenters. The van der Waals surface area contributed by atoms with Gasteiger partial charge in [-0.25, -0.2) is 0 Å². The van der Waals surface area contributed by atoms with Crippen LogP contribution < -0.4 is 0 Å². The summed E-state index contributed by atoms with van der Waals surface area (Å²) in [6.07, 6.45) is 4.43. The number of nitrogens with zero attached hydrogens (tertiary/aromatic N) is 3. The molecular formula is C20H25N3O2. The van der Waals surface area contributed by atoms with Gasteiger partial charge in [-0.3, -0.25) is 9.69 Å². The molecule has 5 heteroatoms. The van der Waals surface area contributed by atoms with Gasteiger partial charge in [-0.05, 0) is 37.8 Å². The van der Waals surface area contributed by atoms with Crippen molar-refractivity contribution in [3.8, 4) is 0 Å². The van der Waals surface area contributed by atoms with Gasteiger partial charge in [-0.2, -0.15) is 0 Å². The predicted octanol–water partition coefficient (Wildman–Crippen LogP) is 3.29. The van der Waals surface area contributed by atoms with Gasteiger partial charge in [0.25, 0.3) is 5.91 Å².